The summed E-state index contributed by atoms with van der Waals surface area (Å²) >= 11 is 3.24. The van der Waals surface area contributed by atoms with Gasteiger partial charge in [-0.1, -0.05) is 65.8 Å². The summed E-state index contributed by atoms with van der Waals surface area (Å²) in [4.78, 5) is 42.8. The molecule has 3 N–H and O–H groups in total. The summed E-state index contributed by atoms with van der Waals surface area (Å²) < 4.78 is 5.82. The fourth-order valence-corrected chi connectivity index (χ4v) is 3.46. The van der Waals surface area contributed by atoms with Crippen LogP contribution in [-0.2, 0) is 32.3 Å². The highest BCUT2D eigenvalue weighted by molar-refractivity contribution is 9.18. The van der Waals surface area contributed by atoms with E-state index in [9.17, 15) is 14.4 Å². The van der Waals surface area contributed by atoms with E-state index < -0.39 is 23.8 Å². The molecule has 0 saturated heterocycles. The summed E-state index contributed by atoms with van der Waals surface area (Å²) in [7, 11) is 0. The second kappa shape index (κ2) is 12.6. The van der Waals surface area contributed by atoms with Crippen LogP contribution >= 0.6 is 15.9 Å². The van der Waals surface area contributed by atoms with E-state index in [1.165, 1.54) is 0 Å². The predicted octanol–water partition coefficient (Wildman–Crippen LogP) is 2.46. The summed E-state index contributed by atoms with van der Waals surface area (Å²) in [5, 5.41) is 11.7. The van der Waals surface area contributed by atoms with Gasteiger partial charge in [-0.05, 0) is 27.1 Å². The monoisotopic (exact) mass is 516 g/mol. The number of hydrogen-bond donors (Lipinski definition) is 3. The molecule has 1 aliphatic heterocycles. The minimum absolute atomic E-state index is 0.0810. The van der Waals surface area contributed by atoms with E-state index in [0.29, 0.717) is 11.0 Å². The summed E-state index contributed by atoms with van der Waals surface area (Å²) in [6, 6.07) is 18.5. The van der Waals surface area contributed by atoms with E-state index >= 15 is 0 Å². The van der Waals surface area contributed by atoms with Crippen molar-refractivity contribution in [3.8, 4) is 0 Å². The molecule has 33 heavy (non-hydrogen) atoms. The number of halogens is 1. The first-order chi connectivity index (χ1) is 16.0. The molecule has 0 aromatic heterocycles. The van der Waals surface area contributed by atoms with Crippen molar-refractivity contribution in [2.45, 2.75) is 25.7 Å². The predicted molar refractivity (Wildman–Crippen MR) is 125 cm³/mol. The van der Waals surface area contributed by atoms with Crippen LogP contribution in [-0.4, -0.2) is 41.7 Å². The van der Waals surface area contributed by atoms with Gasteiger partial charge in [0.2, 0.25) is 11.8 Å². The Morgan fingerprint density at radius 2 is 1.61 bits per heavy atom. The number of carbonyl (C=O) groups is 3. The molecule has 0 spiro atoms. The normalized spacial score (nSPS) is 15.5. The lowest BCUT2D eigenvalue weighted by Gasteiger charge is -2.18. The molecule has 2 aromatic rings. The lowest BCUT2D eigenvalue weighted by molar-refractivity contribution is -0.135. The van der Waals surface area contributed by atoms with Crippen LogP contribution in [0, 0.1) is 5.92 Å². The Morgan fingerprint density at radius 3 is 2.24 bits per heavy atom. The molecule has 3 amide bonds. The molecule has 1 unspecified atom stereocenters. The number of nitrogens with one attached hydrogen (secondary N) is 3. The summed E-state index contributed by atoms with van der Waals surface area (Å²) in [6.45, 7) is 0.302. The highest BCUT2D eigenvalue weighted by atomic mass is 79.9. The molecule has 0 fully saturated rings. The molecule has 10 heteroatoms. The van der Waals surface area contributed by atoms with Crippen molar-refractivity contribution in [2.24, 2.45) is 11.1 Å². The number of carbonyl (C=O) groups excluding carboxylic acids is 3. The van der Waals surface area contributed by atoms with Crippen LogP contribution in [0.15, 0.2) is 65.8 Å². The molecule has 0 bridgehead atoms. The van der Waals surface area contributed by atoms with Gasteiger partial charge < -0.3 is 25.5 Å². The van der Waals surface area contributed by atoms with E-state index in [1.807, 2.05) is 60.7 Å². The van der Waals surface area contributed by atoms with Crippen molar-refractivity contribution < 1.29 is 24.0 Å². The zero-order chi connectivity index (χ0) is 23.5. The summed E-state index contributed by atoms with van der Waals surface area (Å²) in [6.07, 6.45) is -0.515. The van der Waals surface area contributed by atoms with Gasteiger partial charge in [-0.15, -0.1) is 0 Å². The van der Waals surface area contributed by atoms with E-state index in [-0.39, 0.29) is 32.3 Å². The molecule has 2 aromatic carbocycles. The Balaban J connectivity index is 1.53. The third-order valence-electron chi connectivity index (χ3n) is 4.81. The number of ether oxygens (including phenoxy) is 1. The standard InChI is InChI=1S/C23H25BrN4O5/c24-20-11-18(33-28-20)13-26-22(30)19(21(29)25-12-16-7-3-1-4-8-16)14-27-23(31)32-15-17-9-5-2-6-10-17/h1-10,18-19H,11-15H2,(H,25,29)(H,26,30)(H,27,31)/t18?,19-/m0/s1. The second-order valence-electron chi connectivity index (χ2n) is 7.34. The largest absolute Gasteiger partial charge is 0.445 e. The van der Waals surface area contributed by atoms with Gasteiger partial charge in [-0.2, -0.15) is 0 Å². The zero-order valence-corrected chi connectivity index (χ0v) is 19.4. The van der Waals surface area contributed by atoms with Crippen molar-refractivity contribution in [3.63, 3.8) is 0 Å². The van der Waals surface area contributed by atoms with Crippen LogP contribution in [0.4, 0.5) is 4.79 Å². The van der Waals surface area contributed by atoms with Crippen LogP contribution in [0.2, 0.25) is 0 Å². The smallest absolute Gasteiger partial charge is 0.407 e. The Kier molecular flexibility index (Phi) is 9.25. The van der Waals surface area contributed by atoms with Crippen LogP contribution in [0.1, 0.15) is 17.5 Å². The fourth-order valence-electron chi connectivity index (χ4n) is 3.01. The van der Waals surface area contributed by atoms with E-state index in [2.05, 4.69) is 37.0 Å². The first kappa shape index (κ1) is 24.2. The van der Waals surface area contributed by atoms with Gasteiger partial charge in [0.15, 0.2) is 6.10 Å². The number of nitrogens with zero attached hydrogens (tertiary/aromatic N) is 1. The van der Waals surface area contributed by atoms with Gasteiger partial charge in [-0.25, -0.2) is 4.79 Å². The van der Waals surface area contributed by atoms with E-state index in [1.54, 1.807) is 0 Å². The summed E-state index contributed by atoms with van der Waals surface area (Å²) in [5.41, 5.74) is 1.72. The first-order valence-corrected chi connectivity index (χ1v) is 11.2. The van der Waals surface area contributed by atoms with Gasteiger partial charge in [0, 0.05) is 19.5 Å². The van der Waals surface area contributed by atoms with Crippen molar-refractivity contribution in [3.05, 3.63) is 71.8 Å². The van der Waals surface area contributed by atoms with Crippen molar-refractivity contribution in [1.82, 2.24) is 16.0 Å². The van der Waals surface area contributed by atoms with Crippen LogP contribution in [0.5, 0.6) is 0 Å². The first-order valence-electron chi connectivity index (χ1n) is 10.4. The highest BCUT2D eigenvalue weighted by Gasteiger charge is 2.29. The maximum atomic E-state index is 12.8. The maximum Gasteiger partial charge on any atom is 0.407 e. The minimum Gasteiger partial charge on any atom is -0.445 e. The molecule has 0 saturated carbocycles. The molecule has 2 atom stereocenters. The van der Waals surface area contributed by atoms with Crippen LogP contribution < -0.4 is 16.0 Å². The maximum absolute atomic E-state index is 12.8. The highest BCUT2D eigenvalue weighted by Crippen LogP contribution is 2.13. The Bertz CT molecular complexity index is 971. The van der Waals surface area contributed by atoms with Gasteiger partial charge in [0.1, 0.15) is 17.1 Å². The Hall–Kier alpha value is -3.40. The third kappa shape index (κ3) is 8.23. The van der Waals surface area contributed by atoms with E-state index in [0.717, 1.165) is 11.1 Å². The molecule has 9 nitrogen and oxygen atoms in total. The quantitative estimate of drug-likeness (QED) is 0.419. The lowest BCUT2D eigenvalue weighted by Crippen LogP contribution is -2.48. The van der Waals surface area contributed by atoms with Gasteiger partial charge in [0.05, 0.1) is 6.54 Å². The average molecular weight is 517 g/mol. The van der Waals surface area contributed by atoms with Gasteiger partial charge >= 0.3 is 6.09 Å². The molecular formula is C23H25BrN4O5. The molecule has 0 radical (unpaired) electrons. The zero-order valence-electron chi connectivity index (χ0n) is 17.8. The molecule has 0 aliphatic carbocycles. The number of oxime groups is 1. The molecule has 174 valence electrons. The Labute approximate surface area is 200 Å². The van der Waals surface area contributed by atoms with Crippen molar-refractivity contribution in [2.75, 3.05) is 13.1 Å². The molecular weight excluding hydrogens is 492 g/mol. The SMILES string of the molecule is O=C(NC[C@@H](C(=O)NCc1ccccc1)C(=O)NCC1CC(Br)=NO1)OCc1ccccc1. The number of hydrogen-bond acceptors (Lipinski definition) is 6. The fraction of sp³-hybridized carbons (Fsp3) is 0.304. The van der Waals surface area contributed by atoms with E-state index in [4.69, 9.17) is 9.57 Å². The Morgan fingerprint density at radius 1 is 0.970 bits per heavy atom. The molecule has 3 rings (SSSR count). The molecule has 1 aliphatic rings. The van der Waals surface area contributed by atoms with Crippen molar-refractivity contribution in [1.29, 1.82) is 0 Å². The average Bonchev–Trinajstić information content (AvgIpc) is 3.26. The summed E-state index contributed by atoms with van der Waals surface area (Å²) in [5.74, 6) is -2.19. The minimum atomic E-state index is -1.15. The topological polar surface area (TPSA) is 118 Å². The van der Waals surface area contributed by atoms with Gasteiger partial charge in [-0.3, -0.25) is 9.59 Å². The number of benzene rings is 2. The van der Waals surface area contributed by atoms with Crippen LogP contribution in [0.25, 0.3) is 0 Å². The third-order valence-corrected chi connectivity index (χ3v) is 5.28. The molecule has 1 heterocycles. The van der Waals surface area contributed by atoms with Gasteiger partial charge in [0.25, 0.3) is 0 Å². The number of rotatable bonds is 10. The van der Waals surface area contributed by atoms with Crippen molar-refractivity contribution >= 4 is 38.5 Å². The number of amides is 3. The lowest BCUT2D eigenvalue weighted by atomic mass is 10.1. The van der Waals surface area contributed by atoms with Crippen LogP contribution in [0.3, 0.4) is 0 Å². The number of alkyl carbamates (subject to hydrolysis) is 1. The second-order valence-corrected chi connectivity index (χ2v) is 8.26.